The van der Waals surface area contributed by atoms with E-state index in [1.807, 2.05) is 6.07 Å². The van der Waals surface area contributed by atoms with Crippen LogP contribution in [0.3, 0.4) is 0 Å². The summed E-state index contributed by atoms with van der Waals surface area (Å²) in [6, 6.07) is 1.94. The van der Waals surface area contributed by atoms with E-state index in [0.29, 0.717) is 5.82 Å². The van der Waals surface area contributed by atoms with E-state index in [0.717, 1.165) is 37.1 Å². The largest absolute Gasteiger partial charge is 0.356 e. The SMILES string of the molecule is CNC(=O)/C=C/c1cnc2c(c1)CCC(N1CCCC1)C(=O)N2. The first-order valence-electron chi connectivity index (χ1n) is 8.11. The van der Waals surface area contributed by atoms with E-state index in [1.165, 1.54) is 18.9 Å². The maximum atomic E-state index is 12.4. The number of aromatic nitrogens is 1. The molecular weight excluding hydrogens is 292 g/mol. The average Bonchev–Trinajstić information content (AvgIpc) is 3.03. The molecule has 0 saturated carbocycles. The number of nitrogens with zero attached hydrogens (tertiary/aromatic N) is 2. The second-order valence-electron chi connectivity index (χ2n) is 6.01. The van der Waals surface area contributed by atoms with E-state index in [9.17, 15) is 9.59 Å². The Balaban J connectivity index is 1.76. The van der Waals surface area contributed by atoms with Crippen LogP contribution in [0.25, 0.3) is 6.08 Å². The molecule has 23 heavy (non-hydrogen) atoms. The number of anilines is 1. The predicted octanol–water partition coefficient (Wildman–Crippen LogP) is 1.19. The van der Waals surface area contributed by atoms with E-state index >= 15 is 0 Å². The lowest BCUT2D eigenvalue weighted by Gasteiger charge is -2.24. The Morgan fingerprint density at radius 1 is 1.43 bits per heavy atom. The number of hydrogen-bond donors (Lipinski definition) is 2. The fourth-order valence-electron chi connectivity index (χ4n) is 3.20. The summed E-state index contributed by atoms with van der Waals surface area (Å²) in [5.74, 6) is 0.544. The third kappa shape index (κ3) is 3.59. The summed E-state index contributed by atoms with van der Waals surface area (Å²) < 4.78 is 0. The molecule has 1 fully saturated rings. The van der Waals surface area contributed by atoms with Crippen molar-refractivity contribution in [3.8, 4) is 0 Å². The van der Waals surface area contributed by atoms with Gasteiger partial charge in [0.15, 0.2) is 0 Å². The first-order valence-corrected chi connectivity index (χ1v) is 8.11. The first kappa shape index (κ1) is 15.7. The zero-order valence-electron chi connectivity index (χ0n) is 13.3. The maximum absolute atomic E-state index is 12.4. The molecule has 1 atom stereocenters. The Kier molecular flexibility index (Phi) is 4.71. The number of fused-ring (bicyclic) bond motifs is 1. The van der Waals surface area contributed by atoms with Crippen molar-refractivity contribution in [2.75, 3.05) is 25.5 Å². The Bertz CT molecular complexity index is 635. The molecule has 0 spiro atoms. The minimum absolute atomic E-state index is 0.0480. The van der Waals surface area contributed by atoms with Gasteiger partial charge in [0.2, 0.25) is 11.8 Å². The van der Waals surface area contributed by atoms with E-state index in [-0.39, 0.29) is 17.9 Å². The van der Waals surface area contributed by atoms with Gasteiger partial charge in [-0.3, -0.25) is 14.5 Å². The van der Waals surface area contributed by atoms with Gasteiger partial charge >= 0.3 is 0 Å². The highest BCUT2D eigenvalue weighted by Gasteiger charge is 2.30. The quantitative estimate of drug-likeness (QED) is 0.822. The molecule has 1 aromatic rings. The summed E-state index contributed by atoms with van der Waals surface area (Å²) in [5, 5.41) is 5.50. The van der Waals surface area contributed by atoms with Gasteiger partial charge in [-0.1, -0.05) is 0 Å². The van der Waals surface area contributed by atoms with Crippen molar-refractivity contribution >= 4 is 23.7 Å². The van der Waals surface area contributed by atoms with Crippen molar-refractivity contribution in [2.24, 2.45) is 0 Å². The molecule has 1 saturated heterocycles. The second kappa shape index (κ2) is 6.91. The topological polar surface area (TPSA) is 74.3 Å². The number of nitrogens with one attached hydrogen (secondary N) is 2. The predicted molar refractivity (Wildman–Crippen MR) is 88.9 cm³/mol. The fraction of sp³-hybridized carbons (Fsp3) is 0.471. The summed E-state index contributed by atoms with van der Waals surface area (Å²) in [4.78, 5) is 30.4. The number of rotatable bonds is 3. The smallest absolute Gasteiger partial charge is 0.243 e. The number of amides is 2. The molecule has 2 amide bonds. The van der Waals surface area contributed by atoms with Crippen molar-refractivity contribution < 1.29 is 9.59 Å². The Morgan fingerprint density at radius 3 is 2.96 bits per heavy atom. The Labute approximate surface area is 136 Å². The van der Waals surface area contributed by atoms with E-state index in [1.54, 1.807) is 19.3 Å². The Morgan fingerprint density at radius 2 is 2.22 bits per heavy atom. The van der Waals surface area contributed by atoms with Crippen LogP contribution in [0.15, 0.2) is 18.3 Å². The summed E-state index contributed by atoms with van der Waals surface area (Å²) in [5.41, 5.74) is 1.89. The molecule has 3 rings (SSSR count). The maximum Gasteiger partial charge on any atom is 0.243 e. The van der Waals surface area contributed by atoms with Gasteiger partial charge in [-0.25, -0.2) is 4.98 Å². The summed E-state index contributed by atoms with van der Waals surface area (Å²) in [6.07, 6.45) is 8.84. The summed E-state index contributed by atoms with van der Waals surface area (Å²) in [6.45, 7) is 2.00. The molecule has 2 N–H and O–H groups in total. The van der Waals surface area contributed by atoms with Crippen molar-refractivity contribution in [1.82, 2.24) is 15.2 Å². The van der Waals surface area contributed by atoms with Gasteiger partial charge in [-0.05, 0) is 62.0 Å². The lowest BCUT2D eigenvalue weighted by molar-refractivity contribution is -0.121. The standard InChI is InChI=1S/C17H22N4O2/c1-18-15(22)7-4-12-10-13-5-6-14(21-8-2-3-9-21)17(23)20-16(13)19-11-12/h4,7,10-11,14H,2-3,5-6,8-9H2,1H3,(H,18,22)(H,19,20,23)/b7-4+. The van der Waals surface area contributed by atoms with E-state index < -0.39 is 0 Å². The van der Waals surface area contributed by atoms with Gasteiger partial charge in [0.1, 0.15) is 5.82 Å². The molecular formula is C17H22N4O2. The molecule has 122 valence electrons. The molecule has 0 radical (unpaired) electrons. The van der Waals surface area contributed by atoms with Crippen LogP contribution in [0, 0.1) is 0 Å². The zero-order valence-corrected chi connectivity index (χ0v) is 13.3. The molecule has 0 bridgehead atoms. The minimum atomic E-state index is -0.151. The second-order valence-corrected chi connectivity index (χ2v) is 6.01. The number of pyridine rings is 1. The van der Waals surface area contributed by atoms with Gasteiger partial charge in [-0.15, -0.1) is 0 Å². The van der Waals surface area contributed by atoms with Gasteiger partial charge < -0.3 is 10.6 Å². The van der Waals surface area contributed by atoms with Crippen molar-refractivity contribution in [1.29, 1.82) is 0 Å². The lowest BCUT2D eigenvalue weighted by Crippen LogP contribution is -2.41. The Hall–Kier alpha value is -2.21. The number of carbonyl (C=O) groups excluding carboxylic acids is 2. The monoisotopic (exact) mass is 314 g/mol. The van der Waals surface area contributed by atoms with Crippen molar-refractivity contribution in [3.63, 3.8) is 0 Å². The van der Waals surface area contributed by atoms with Gasteiger partial charge in [0.25, 0.3) is 0 Å². The van der Waals surface area contributed by atoms with Crippen molar-refractivity contribution in [2.45, 2.75) is 31.7 Å². The van der Waals surface area contributed by atoms with E-state index in [2.05, 4.69) is 20.5 Å². The summed E-state index contributed by atoms with van der Waals surface area (Å²) in [7, 11) is 1.59. The molecule has 0 aliphatic carbocycles. The van der Waals surface area contributed by atoms with Gasteiger partial charge in [0.05, 0.1) is 6.04 Å². The summed E-state index contributed by atoms with van der Waals surface area (Å²) >= 11 is 0. The number of likely N-dealkylation sites (N-methyl/N-ethyl adjacent to an activating group) is 1. The van der Waals surface area contributed by atoms with Crippen LogP contribution in [0.1, 0.15) is 30.4 Å². The molecule has 6 nitrogen and oxygen atoms in total. The molecule has 1 aromatic heterocycles. The minimum Gasteiger partial charge on any atom is -0.356 e. The molecule has 3 heterocycles. The lowest BCUT2D eigenvalue weighted by atomic mass is 10.1. The van der Waals surface area contributed by atoms with Crippen LogP contribution in [-0.2, 0) is 16.0 Å². The highest BCUT2D eigenvalue weighted by atomic mass is 16.2. The third-order valence-electron chi connectivity index (χ3n) is 4.47. The van der Waals surface area contributed by atoms with Crippen LogP contribution in [0.4, 0.5) is 5.82 Å². The van der Waals surface area contributed by atoms with Gasteiger partial charge in [-0.2, -0.15) is 0 Å². The van der Waals surface area contributed by atoms with E-state index in [4.69, 9.17) is 0 Å². The third-order valence-corrected chi connectivity index (χ3v) is 4.47. The molecule has 1 unspecified atom stereocenters. The zero-order chi connectivity index (χ0) is 16.2. The van der Waals surface area contributed by atoms with Gasteiger partial charge in [0, 0.05) is 19.3 Å². The number of aryl methyl sites for hydroxylation is 1. The number of carbonyl (C=O) groups is 2. The number of likely N-dealkylation sites (tertiary alicyclic amines) is 1. The van der Waals surface area contributed by atoms with Crippen LogP contribution < -0.4 is 10.6 Å². The highest BCUT2D eigenvalue weighted by molar-refractivity contribution is 5.95. The molecule has 6 heteroatoms. The fourth-order valence-corrected chi connectivity index (χ4v) is 3.20. The molecule has 2 aliphatic rings. The van der Waals surface area contributed by atoms with Crippen LogP contribution in [-0.4, -0.2) is 47.9 Å². The highest BCUT2D eigenvalue weighted by Crippen LogP contribution is 2.25. The van der Waals surface area contributed by atoms with Crippen molar-refractivity contribution in [3.05, 3.63) is 29.5 Å². The first-order chi connectivity index (χ1) is 11.2. The molecule has 2 aliphatic heterocycles. The van der Waals surface area contributed by atoms with Crippen LogP contribution in [0.5, 0.6) is 0 Å². The van der Waals surface area contributed by atoms with Crippen LogP contribution in [0.2, 0.25) is 0 Å². The normalized spacial score (nSPS) is 21.8. The van der Waals surface area contributed by atoms with Crippen LogP contribution >= 0.6 is 0 Å². The number of hydrogen-bond acceptors (Lipinski definition) is 4. The molecule has 0 aromatic carbocycles. The average molecular weight is 314 g/mol.